The van der Waals surface area contributed by atoms with E-state index in [1.807, 2.05) is 0 Å². The monoisotopic (exact) mass is 286 g/mol. The van der Waals surface area contributed by atoms with Crippen LogP contribution in [-0.2, 0) is 4.79 Å². The molecular weight excluding hydrogens is 274 g/mol. The van der Waals surface area contributed by atoms with Crippen LogP contribution in [0.4, 0.5) is 20.2 Å². The maximum absolute atomic E-state index is 13.5. The second-order valence-electron chi connectivity index (χ2n) is 5.05. The molecule has 0 aromatic heterocycles. The van der Waals surface area contributed by atoms with E-state index in [2.05, 4.69) is 0 Å². The van der Waals surface area contributed by atoms with E-state index in [0.717, 1.165) is 6.07 Å². The summed E-state index contributed by atoms with van der Waals surface area (Å²) in [5.74, 6) is -3.25. The third-order valence-corrected chi connectivity index (χ3v) is 3.52. The Morgan fingerprint density at radius 3 is 2.65 bits per heavy atom. The summed E-state index contributed by atoms with van der Waals surface area (Å²) in [6.07, 6.45) is 0.248. The Morgan fingerprint density at radius 2 is 2.15 bits per heavy atom. The van der Waals surface area contributed by atoms with Crippen LogP contribution in [0.5, 0.6) is 0 Å². The predicted octanol–water partition coefficient (Wildman–Crippen LogP) is 2.17. The first-order valence-corrected chi connectivity index (χ1v) is 5.86. The first-order valence-electron chi connectivity index (χ1n) is 5.86. The fourth-order valence-electron chi connectivity index (χ4n) is 2.32. The fraction of sp³-hybridized carbons (Fsp3) is 0.417. The van der Waals surface area contributed by atoms with Gasteiger partial charge in [0, 0.05) is 25.2 Å². The van der Waals surface area contributed by atoms with E-state index in [4.69, 9.17) is 5.11 Å². The van der Waals surface area contributed by atoms with Gasteiger partial charge in [-0.3, -0.25) is 14.9 Å². The molecule has 6 nitrogen and oxygen atoms in total. The van der Waals surface area contributed by atoms with Crippen LogP contribution in [-0.4, -0.2) is 29.1 Å². The van der Waals surface area contributed by atoms with Crippen LogP contribution in [0, 0.1) is 27.2 Å². The molecule has 1 unspecified atom stereocenters. The van der Waals surface area contributed by atoms with Crippen molar-refractivity contribution in [1.82, 2.24) is 0 Å². The van der Waals surface area contributed by atoms with Crippen LogP contribution in [0.1, 0.15) is 13.3 Å². The third-order valence-electron chi connectivity index (χ3n) is 3.52. The van der Waals surface area contributed by atoms with Crippen molar-refractivity contribution in [3.8, 4) is 0 Å². The van der Waals surface area contributed by atoms with Crippen molar-refractivity contribution in [1.29, 1.82) is 0 Å². The molecule has 0 aliphatic carbocycles. The number of anilines is 1. The lowest BCUT2D eigenvalue weighted by Crippen LogP contribution is -2.32. The van der Waals surface area contributed by atoms with Crippen molar-refractivity contribution < 1.29 is 23.6 Å². The van der Waals surface area contributed by atoms with E-state index < -0.39 is 33.6 Å². The quantitative estimate of drug-likeness (QED) is 0.680. The maximum Gasteiger partial charge on any atom is 0.328 e. The van der Waals surface area contributed by atoms with Gasteiger partial charge in [-0.05, 0) is 13.3 Å². The molecule has 1 aliphatic heterocycles. The number of halogens is 2. The Balaban J connectivity index is 2.44. The first-order chi connectivity index (χ1) is 9.24. The Bertz CT molecular complexity index is 593. The average molecular weight is 286 g/mol. The molecule has 1 aliphatic rings. The second kappa shape index (κ2) is 4.69. The van der Waals surface area contributed by atoms with Crippen LogP contribution in [0.2, 0.25) is 0 Å². The number of carboxylic acid groups (broad SMARTS) is 1. The summed E-state index contributed by atoms with van der Waals surface area (Å²) in [4.78, 5) is 22.5. The largest absolute Gasteiger partial charge is 0.481 e. The summed E-state index contributed by atoms with van der Waals surface area (Å²) in [6, 6.07) is 1.29. The highest BCUT2D eigenvalue weighted by molar-refractivity contribution is 5.77. The minimum absolute atomic E-state index is 0.0356. The first kappa shape index (κ1) is 14.2. The molecule has 1 heterocycles. The van der Waals surface area contributed by atoms with Crippen molar-refractivity contribution in [3.05, 3.63) is 33.9 Å². The van der Waals surface area contributed by atoms with Crippen molar-refractivity contribution in [2.75, 3.05) is 18.0 Å². The molecule has 20 heavy (non-hydrogen) atoms. The van der Waals surface area contributed by atoms with Crippen molar-refractivity contribution in [3.63, 3.8) is 0 Å². The number of nitrogens with zero attached hydrogens (tertiary/aromatic N) is 2. The molecule has 0 radical (unpaired) electrons. The van der Waals surface area contributed by atoms with E-state index >= 15 is 0 Å². The standard InChI is InChI=1S/C12H12F2N2O4/c1-12(11(17)18)2-3-15(6-12)9-5-7(13)4-8(14)10(9)16(19)20/h4-5H,2-3,6H2,1H3,(H,17,18). The van der Waals surface area contributed by atoms with E-state index in [1.54, 1.807) is 0 Å². The summed E-state index contributed by atoms with van der Waals surface area (Å²) in [5.41, 5.74) is -2.14. The van der Waals surface area contributed by atoms with Crippen LogP contribution >= 0.6 is 0 Å². The van der Waals surface area contributed by atoms with E-state index in [1.165, 1.54) is 11.8 Å². The number of hydrogen-bond acceptors (Lipinski definition) is 4. The van der Waals surface area contributed by atoms with Gasteiger partial charge in [0.25, 0.3) is 0 Å². The number of nitro benzene ring substituents is 1. The molecule has 1 aromatic rings. The number of nitro groups is 1. The minimum atomic E-state index is -1.27. The number of carbonyl (C=O) groups is 1. The molecule has 1 atom stereocenters. The number of hydrogen-bond donors (Lipinski definition) is 1. The molecule has 8 heteroatoms. The highest BCUT2D eigenvalue weighted by Crippen LogP contribution is 2.39. The zero-order chi connectivity index (χ0) is 15.1. The lowest BCUT2D eigenvalue weighted by molar-refractivity contribution is -0.386. The van der Waals surface area contributed by atoms with Gasteiger partial charge in [0.15, 0.2) is 0 Å². The smallest absolute Gasteiger partial charge is 0.328 e. The number of carboxylic acids is 1. The van der Waals surface area contributed by atoms with Crippen molar-refractivity contribution in [2.24, 2.45) is 5.41 Å². The zero-order valence-corrected chi connectivity index (χ0v) is 10.6. The van der Waals surface area contributed by atoms with Gasteiger partial charge in [0.05, 0.1) is 10.3 Å². The molecule has 0 amide bonds. The number of benzene rings is 1. The van der Waals surface area contributed by atoms with Crippen molar-refractivity contribution in [2.45, 2.75) is 13.3 Å². The predicted molar refractivity (Wildman–Crippen MR) is 65.6 cm³/mol. The maximum atomic E-state index is 13.5. The average Bonchev–Trinajstić information content (AvgIpc) is 2.71. The fourth-order valence-corrected chi connectivity index (χ4v) is 2.32. The molecule has 1 N–H and O–H groups in total. The SMILES string of the molecule is CC1(C(=O)O)CCN(c2cc(F)cc(F)c2[N+](=O)[O-])C1. The van der Waals surface area contributed by atoms with E-state index in [0.29, 0.717) is 6.07 Å². The Kier molecular flexibility index (Phi) is 3.33. The minimum Gasteiger partial charge on any atom is -0.481 e. The number of aliphatic carboxylic acids is 1. The molecule has 2 rings (SSSR count). The highest BCUT2D eigenvalue weighted by atomic mass is 19.1. The lowest BCUT2D eigenvalue weighted by Gasteiger charge is -2.21. The van der Waals surface area contributed by atoms with Gasteiger partial charge < -0.3 is 10.0 Å². The normalized spacial score (nSPS) is 22.1. The van der Waals surface area contributed by atoms with Crippen LogP contribution in [0.3, 0.4) is 0 Å². The van der Waals surface area contributed by atoms with Gasteiger partial charge in [0.1, 0.15) is 11.5 Å². The van der Waals surface area contributed by atoms with E-state index in [9.17, 15) is 23.7 Å². The van der Waals surface area contributed by atoms with Gasteiger partial charge in [0.2, 0.25) is 5.82 Å². The van der Waals surface area contributed by atoms with Crippen LogP contribution in [0.25, 0.3) is 0 Å². The van der Waals surface area contributed by atoms with Gasteiger partial charge in [-0.1, -0.05) is 0 Å². The summed E-state index contributed by atoms with van der Waals surface area (Å²) >= 11 is 0. The highest BCUT2D eigenvalue weighted by Gasteiger charge is 2.42. The zero-order valence-electron chi connectivity index (χ0n) is 10.6. The Morgan fingerprint density at radius 1 is 1.50 bits per heavy atom. The summed E-state index contributed by atoms with van der Waals surface area (Å²) in [6.45, 7) is 1.65. The molecule has 0 spiro atoms. The van der Waals surface area contributed by atoms with Crippen molar-refractivity contribution >= 4 is 17.3 Å². The topological polar surface area (TPSA) is 83.7 Å². The summed E-state index contributed by atoms with van der Waals surface area (Å²) in [7, 11) is 0. The number of rotatable bonds is 3. The molecule has 0 bridgehead atoms. The summed E-state index contributed by atoms with van der Waals surface area (Å²) in [5, 5.41) is 20.0. The second-order valence-corrected chi connectivity index (χ2v) is 5.05. The molecule has 1 saturated heterocycles. The van der Waals surface area contributed by atoms with E-state index in [-0.39, 0.29) is 25.2 Å². The molecule has 1 aromatic carbocycles. The summed E-state index contributed by atoms with van der Waals surface area (Å²) < 4.78 is 26.8. The van der Waals surface area contributed by atoms with Crippen LogP contribution < -0.4 is 4.90 Å². The Hall–Kier alpha value is -2.25. The van der Waals surface area contributed by atoms with Gasteiger partial charge in [-0.15, -0.1) is 0 Å². The molecular formula is C12H12F2N2O4. The molecule has 108 valence electrons. The molecule has 1 fully saturated rings. The van der Waals surface area contributed by atoms with Gasteiger partial charge >= 0.3 is 11.7 Å². The Labute approximate surface area is 112 Å². The van der Waals surface area contributed by atoms with Gasteiger partial charge in [-0.2, -0.15) is 4.39 Å². The van der Waals surface area contributed by atoms with Gasteiger partial charge in [-0.25, -0.2) is 4.39 Å². The lowest BCUT2D eigenvalue weighted by atomic mass is 9.90. The molecule has 0 saturated carbocycles. The third kappa shape index (κ3) is 2.28. The van der Waals surface area contributed by atoms with Crippen LogP contribution in [0.15, 0.2) is 12.1 Å².